The molecule has 1 atom stereocenters. The first kappa shape index (κ1) is 16.1. The summed E-state index contributed by atoms with van der Waals surface area (Å²) < 4.78 is 15.2. The number of H-pyrrole nitrogens is 1. The molecule has 1 aliphatic carbocycles. The number of benzene rings is 1. The van der Waals surface area contributed by atoms with Crippen LogP contribution in [0.15, 0.2) is 30.5 Å². The van der Waals surface area contributed by atoms with Crippen molar-refractivity contribution >= 4 is 22.7 Å². The number of carbonyl (C=O) groups excluding carboxylic acids is 2. The number of aromatic amines is 1. The van der Waals surface area contributed by atoms with Gasteiger partial charge in [-0.15, -0.1) is 0 Å². The molecule has 5 nitrogen and oxygen atoms in total. The Bertz CT molecular complexity index is 814. The molecule has 132 valence electrons. The maximum Gasteiger partial charge on any atom is 0.259 e. The minimum absolute atomic E-state index is 0.168. The van der Waals surface area contributed by atoms with Crippen LogP contribution in [0.3, 0.4) is 0 Å². The molecule has 25 heavy (non-hydrogen) atoms. The van der Waals surface area contributed by atoms with Crippen molar-refractivity contribution in [3.05, 3.63) is 36.0 Å². The molecule has 1 saturated heterocycles. The highest BCUT2D eigenvalue weighted by Crippen LogP contribution is 2.30. The number of halogens is 1. The second kappa shape index (κ2) is 6.17. The van der Waals surface area contributed by atoms with Crippen LogP contribution in [0.4, 0.5) is 4.39 Å². The molecule has 2 aromatic rings. The highest BCUT2D eigenvalue weighted by atomic mass is 19.1. The van der Waals surface area contributed by atoms with Crippen LogP contribution in [0.1, 0.15) is 36.0 Å². The number of hydrogen-bond donors (Lipinski definition) is 2. The van der Waals surface area contributed by atoms with Crippen molar-refractivity contribution in [3.63, 3.8) is 0 Å². The topological polar surface area (TPSA) is 65.2 Å². The van der Waals surface area contributed by atoms with Crippen LogP contribution in [-0.2, 0) is 4.79 Å². The van der Waals surface area contributed by atoms with Crippen molar-refractivity contribution in [3.8, 4) is 0 Å². The molecule has 2 aliphatic rings. The van der Waals surface area contributed by atoms with Crippen molar-refractivity contribution in [1.82, 2.24) is 15.2 Å². The van der Waals surface area contributed by atoms with Crippen molar-refractivity contribution in [2.75, 3.05) is 19.6 Å². The van der Waals surface area contributed by atoms with Gasteiger partial charge in [0.2, 0.25) is 5.67 Å². The van der Waals surface area contributed by atoms with Gasteiger partial charge in [0, 0.05) is 30.2 Å². The molecule has 0 spiro atoms. The Labute approximate surface area is 145 Å². The Morgan fingerprint density at radius 2 is 2.12 bits per heavy atom. The Morgan fingerprint density at radius 1 is 1.32 bits per heavy atom. The van der Waals surface area contributed by atoms with Gasteiger partial charge in [0.15, 0.2) is 0 Å². The normalized spacial score (nSPS) is 23.6. The predicted octanol–water partition coefficient (Wildman–Crippen LogP) is 2.64. The van der Waals surface area contributed by atoms with Gasteiger partial charge in [-0.25, -0.2) is 4.39 Å². The molecule has 6 heteroatoms. The lowest BCUT2D eigenvalue weighted by Crippen LogP contribution is -2.55. The molecule has 2 fully saturated rings. The fourth-order valence-corrected chi connectivity index (χ4v) is 3.51. The monoisotopic (exact) mass is 343 g/mol. The lowest BCUT2D eigenvalue weighted by Gasteiger charge is -2.36. The number of nitrogens with one attached hydrogen (secondary N) is 2. The van der Waals surface area contributed by atoms with Crippen LogP contribution in [-0.4, -0.2) is 47.0 Å². The van der Waals surface area contributed by atoms with E-state index in [-0.39, 0.29) is 18.9 Å². The van der Waals surface area contributed by atoms with E-state index in [1.807, 2.05) is 24.3 Å². The fourth-order valence-electron chi connectivity index (χ4n) is 3.51. The van der Waals surface area contributed by atoms with Crippen molar-refractivity contribution < 1.29 is 14.0 Å². The van der Waals surface area contributed by atoms with E-state index in [0.29, 0.717) is 31.0 Å². The number of piperidine rings is 1. The lowest BCUT2D eigenvalue weighted by atomic mass is 9.93. The quantitative estimate of drug-likeness (QED) is 0.896. The zero-order valence-electron chi connectivity index (χ0n) is 14.1. The average molecular weight is 343 g/mol. The molecular weight excluding hydrogens is 321 g/mol. The maximum absolute atomic E-state index is 15.2. The number of nitrogens with zero attached hydrogens (tertiary/aromatic N) is 1. The highest BCUT2D eigenvalue weighted by Gasteiger charge is 2.44. The maximum atomic E-state index is 15.2. The number of alkyl halides is 1. The largest absolute Gasteiger partial charge is 0.360 e. The Morgan fingerprint density at radius 3 is 2.92 bits per heavy atom. The Kier molecular flexibility index (Phi) is 3.98. The number of fused-ring (bicyclic) bond motifs is 1. The van der Waals surface area contributed by atoms with E-state index < -0.39 is 11.6 Å². The van der Waals surface area contributed by atoms with Crippen LogP contribution in [0, 0.1) is 5.92 Å². The van der Waals surface area contributed by atoms with E-state index in [9.17, 15) is 9.59 Å². The summed E-state index contributed by atoms with van der Waals surface area (Å²) in [7, 11) is 0. The average Bonchev–Trinajstić information content (AvgIpc) is 3.36. The minimum atomic E-state index is -1.99. The van der Waals surface area contributed by atoms with Gasteiger partial charge in [-0.2, -0.15) is 0 Å². The molecule has 1 aromatic carbocycles. The van der Waals surface area contributed by atoms with Crippen LogP contribution in [0.2, 0.25) is 0 Å². The summed E-state index contributed by atoms with van der Waals surface area (Å²) in [5, 5.41) is 3.54. The van der Waals surface area contributed by atoms with E-state index in [1.54, 1.807) is 6.20 Å². The van der Waals surface area contributed by atoms with Crippen molar-refractivity contribution in [2.24, 2.45) is 5.92 Å². The smallest absolute Gasteiger partial charge is 0.259 e. The van der Waals surface area contributed by atoms with Crippen LogP contribution in [0.5, 0.6) is 0 Å². The number of amides is 2. The lowest BCUT2D eigenvalue weighted by molar-refractivity contribution is -0.135. The van der Waals surface area contributed by atoms with Crippen LogP contribution >= 0.6 is 0 Å². The standard InChI is InChI=1S/C19H22FN3O2/c20-19(18(25)22-10-13-6-7-13)8-3-9-23(12-19)17(24)15-11-21-16-5-2-1-4-14(15)16/h1-2,4-5,11,13,21H,3,6-10,12H2,(H,22,25). The molecule has 0 bridgehead atoms. The number of rotatable bonds is 4. The molecule has 2 heterocycles. The molecule has 2 amide bonds. The van der Waals surface area contributed by atoms with Gasteiger partial charge in [-0.3, -0.25) is 9.59 Å². The third kappa shape index (κ3) is 3.13. The molecule has 1 aliphatic heterocycles. The van der Waals surface area contributed by atoms with Crippen LogP contribution in [0.25, 0.3) is 10.9 Å². The molecule has 1 unspecified atom stereocenters. The van der Waals surface area contributed by atoms with E-state index in [0.717, 1.165) is 23.7 Å². The molecule has 1 aromatic heterocycles. The number of likely N-dealkylation sites (tertiary alicyclic amines) is 1. The predicted molar refractivity (Wildman–Crippen MR) is 93.0 cm³/mol. The molecule has 2 N–H and O–H groups in total. The summed E-state index contributed by atoms with van der Waals surface area (Å²) in [6.07, 6.45) is 4.52. The van der Waals surface area contributed by atoms with Crippen molar-refractivity contribution in [2.45, 2.75) is 31.4 Å². The first-order valence-corrected chi connectivity index (χ1v) is 8.89. The third-order valence-electron chi connectivity index (χ3n) is 5.20. The summed E-state index contributed by atoms with van der Waals surface area (Å²) in [5.74, 6) is -0.301. The number of para-hydroxylation sites is 1. The first-order chi connectivity index (χ1) is 12.1. The number of carbonyl (C=O) groups is 2. The van der Waals surface area contributed by atoms with Gasteiger partial charge in [0.25, 0.3) is 11.8 Å². The van der Waals surface area contributed by atoms with Gasteiger partial charge in [0.05, 0.1) is 12.1 Å². The number of hydrogen-bond acceptors (Lipinski definition) is 2. The molecule has 0 radical (unpaired) electrons. The SMILES string of the molecule is O=C(c1c[nH]c2ccccc12)N1CCCC(F)(C(=O)NCC2CC2)C1. The number of aromatic nitrogens is 1. The fraction of sp³-hybridized carbons (Fsp3) is 0.474. The van der Waals surface area contributed by atoms with E-state index in [1.165, 1.54) is 4.90 Å². The van der Waals surface area contributed by atoms with Gasteiger partial charge >= 0.3 is 0 Å². The summed E-state index contributed by atoms with van der Waals surface area (Å²) >= 11 is 0. The van der Waals surface area contributed by atoms with Gasteiger partial charge in [-0.1, -0.05) is 18.2 Å². The zero-order valence-corrected chi connectivity index (χ0v) is 14.1. The third-order valence-corrected chi connectivity index (χ3v) is 5.20. The summed E-state index contributed by atoms with van der Waals surface area (Å²) in [6.45, 7) is 0.836. The second-order valence-electron chi connectivity index (χ2n) is 7.20. The van der Waals surface area contributed by atoms with Crippen LogP contribution < -0.4 is 5.32 Å². The summed E-state index contributed by atoms with van der Waals surface area (Å²) in [6, 6.07) is 7.53. The summed E-state index contributed by atoms with van der Waals surface area (Å²) in [5.41, 5.74) is -0.593. The Hall–Kier alpha value is -2.37. The van der Waals surface area contributed by atoms with E-state index in [4.69, 9.17) is 0 Å². The van der Waals surface area contributed by atoms with E-state index in [2.05, 4.69) is 10.3 Å². The first-order valence-electron chi connectivity index (χ1n) is 8.89. The summed E-state index contributed by atoms with van der Waals surface area (Å²) in [4.78, 5) is 29.7. The minimum Gasteiger partial charge on any atom is -0.360 e. The van der Waals surface area contributed by atoms with Crippen molar-refractivity contribution in [1.29, 1.82) is 0 Å². The van der Waals surface area contributed by atoms with Gasteiger partial charge < -0.3 is 15.2 Å². The second-order valence-corrected chi connectivity index (χ2v) is 7.20. The molecule has 1 saturated carbocycles. The zero-order chi connectivity index (χ0) is 17.4. The van der Waals surface area contributed by atoms with Gasteiger partial charge in [0.1, 0.15) is 0 Å². The highest BCUT2D eigenvalue weighted by molar-refractivity contribution is 6.07. The molecule has 4 rings (SSSR count). The van der Waals surface area contributed by atoms with E-state index >= 15 is 4.39 Å². The Balaban J connectivity index is 1.50. The van der Waals surface area contributed by atoms with Gasteiger partial charge in [-0.05, 0) is 37.7 Å². The molecular formula is C19H22FN3O2.